The number of amides is 1. The molecule has 0 aromatic heterocycles. The number of benzene rings is 1. The first-order valence-corrected chi connectivity index (χ1v) is 9.02. The third-order valence-corrected chi connectivity index (χ3v) is 6.25. The highest BCUT2D eigenvalue weighted by molar-refractivity contribution is 7.89. The zero-order chi connectivity index (χ0) is 16.7. The van der Waals surface area contributed by atoms with E-state index in [0.717, 1.165) is 28.7 Å². The van der Waals surface area contributed by atoms with Crippen molar-refractivity contribution in [3.63, 3.8) is 0 Å². The lowest BCUT2D eigenvalue weighted by molar-refractivity contribution is -0.136. The Kier molecular flexibility index (Phi) is 4.63. The smallest absolute Gasteiger partial charge is 0.241 e. The highest BCUT2D eigenvalue weighted by Crippen LogP contribution is 2.26. The second-order valence-corrected chi connectivity index (χ2v) is 7.76. The fourth-order valence-electron chi connectivity index (χ4n) is 2.74. The maximum atomic E-state index is 12.7. The molecule has 0 saturated carbocycles. The van der Waals surface area contributed by atoms with Gasteiger partial charge in [0.1, 0.15) is 0 Å². The Morgan fingerprint density at radius 1 is 1.14 bits per heavy atom. The van der Waals surface area contributed by atoms with Crippen molar-refractivity contribution in [2.45, 2.75) is 52.0 Å². The number of carbonyl (C=O) groups is 1. The first kappa shape index (κ1) is 17.0. The summed E-state index contributed by atoms with van der Waals surface area (Å²) in [5, 5.41) is 0. The highest BCUT2D eigenvalue weighted by atomic mass is 32.2. The Hall–Kier alpha value is -1.40. The standard InChI is InChI=1S/C16H24N2O3S/c1-10-9-11(2)13(4)15(12(10)3)22(20,21)17-14(5)16(19)18-7-6-8-18/h9,14,17H,6-8H2,1-5H3. The van der Waals surface area contributed by atoms with E-state index in [-0.39, 0.29) is 5.91 Å². The fraction of sp³-hybridized carbons (Fsp3) is 0.562. The van der Waals surface area contributed by atoms with Crippen molar-refractivity contribution in [2.75, 3.05) is 13.1 Å². The minimum atomic E-state index is -3.73. The van der Waals surface area contributed by atoms with Crippen LogP contribution in [0, 0.1) is 27.7 Å². The molecule has 0 radical (unpaired) electrons. The van der Waals surface area contributed by atoms with Gasteiger partial charge in [0.25, 0.3) is 0 Å². The van der Waals surface area contributed by atoms with Gasteiger partial charge in [0.2, 0.25) is 15.9 Å². The zero-order valence-corrected chi connectivity index (χ0v) is 14.7. The normalized spacial score (nSPS) is 16.3. The van der Waals surface area contributed by atoms with Crippen LogP contribution in [0.15, 0.2) is 11.0 Å². The van der Waals surface area contributed by atoms with Crippen molar-refractivity contribution < 1.29 is 13.2 Å². The number of sulfonamides is 1. The molecule has 1 heterocycles. The Morgan fingerprint density at radius 2 is 1.64 bits per heavy atom. The van der Waals surface area contributed by atoms with E-state index in [0.29, 0.717) is 18.0 Å². The summed E-state index contributed by atoms with van der Waals surface area (Å²) >= 11 is 0. The molecule has 1 atom stereocenters. The monoisotopic (exact) mass is 324 g/mol. The van der Waals surface area contributed by atoms with Gasteiger partial charge in [-0.1, -0.05) is 6.07 Å². The SMILES string of the molecule is Cc1cc(C)c(C)c(S(=O)(=O)NC(C)C(=O)N2CCC2)c1C. The summed E-state index contributed by atoms with van der Waals surface area (Å²) in [5.41, 5.74) is 3.34. The Morgan fingerprint density at radius 3 is 2.05 bits per heavy atom. The van der Waals surface area contributed by atoms with Crippen molar-refractivity contribution in [1.29, 1.82) is 0 Å². The molecule has 0 aliphatic carbocycles. The summed E-state index contributed by atoms with van der Waals surface area (Å²) < 4.78 is 28.0. The van der Waals surface area contributed by atoms with Crippen LogP contribution >= 0.6 is 0 Å². The molecule has 6 heteroatoms. The number of carbonyl (C=O) groups excluding carboxylic acids is 1. The first-order chi connectivity index (χ1) is 10.1. The summed E-state index contributed by atoms with van der Waals surface area (Å²) in [6.45, 7) is 10.4. The molecule has 22 heavy (non-hydrogen) atoms. The largest absolute Gasteiger partial charge is 0.341 e. The maximum absolute atomic E-state index is 12.7. The number of likely N-dealkylation sites (tertiary alicyclic amines) is 1. The molecule has 1 N–H and O–H groups in total. The molecule has 1 aliphatic rings. The van der Waals surface area contributed by atoms with Crippen LogP contribution in [0.25, 0.3) is 0 Å². The predicted octanol–water partition coefficient (Wildman–Crippen LogP) is 1.82. The number of hydrogen-bond acceptors (Lipinski definition) is 3. The van der Waals surface area contributed by atoms with Gasteiger partial charge in [0.05, 0.1) is 10.9 Å². The third kappa shape index (κ3) is 3.03. The Balaban J connectivity index is 2.33. The van der Waals surface area contributed by atoms with Crippen molar-refractivity contribution >= 4 is 15.9 Å². The van der Waals surface area contributed by atoms with E-state index < -0.39 is 16.1 Å². The maximum Gasteiger partial charge on any atom is 0.241 e. The van der Waals surface area contributed by atoms with Crippen LogP contribution in [0.5, 0.6) is 0 Å². The van der Waals surface area contributed by atoms with E-state index in [9.17, 15) is 13.2 Å². The molecule has 0 bridgehead atoms. The Bertz CT molecular complexity index is 680. The van der Waals surface area contributed by atoms with Crippen LogP contribution in [0.2, 0.25) is 0 Å². The second-order valence-electron chi connectivity index (χ2n) is 6.11. The first-order valence-electron chi connectivity index (χ1n) is 7.53. The molecular weight excluding hydrogens is 300 g/mol. The minimum absolute atomic E-state index is 0.158. The quantitative estimate of drug-likeness (QED) is 0.919. The third-order valence-electron chi connectivity index (χ3n) is 4.44. The van der Waals surface area contributed by atoms with E-state index in [1.165, 1.54) is 0 Å². The molecule has 1 saturated heterocycles. The minimum Gasteiger partial charge on any atom is -0.341 e. The molecule has 5 nitrogen and oxygen atoms in total. The second kappa shape index (κ2) is 6.01. The summed E-state index contributed by atoms with van der Waals surface area (Å²) in [5.74, 6) is -0.158. The summed E-state index contributed by atoms with van der Waals surface area (Å²) in [6, 6.07) is 1.24. The topological polar surface area (TPSA) is 66.5 Å². The molecule has 1 unspecified atom stereocenters. The van der Waals surface area contributed by atoms with E-state index in [2.05, 4.69) is 4.72 Å². The predicted molar refractivity (Wildman–Crippen MR) is 86.4 cm³/mol. The number of aryl methyl sites for hydroxylation is 2. The number of nitrogens with one attached hydrogen (secondary N) is 1. The van der Waals surface area contributed by atoms with E-state index >= 15 is 0 Å². The molecule has 0 spiro atoms. The zero-order valence-electron chi connectivity index (χ0n) is 13.9. The lowest BCUT2D eigenvalue weighted by Gasteiger charge is -2.33. The van der Waals surface area contributed by atoms with Gasteiger partial charge >= 0.3 is 0 Å². The van der Waals surface area contributed by atoms with Crippen molar-refractivity contribution in [3.8, 4) is 0 Å². The van der Waals surface area contributed by atoms with E-state index in [1.807, 2.05) is 19.9 Å². The van der Waals surface area contributed by atoms with Gasteiger partial charge in [-0.3, -0.25) is 4.79 Å². The van der Waals surface area contributed by atoms with Gasteiger partial charge in [0.15, 0.2) is 0 Å². The van der Waals surface area contributed by atoms with Gasteiger partial charge in [-0.25, -0.2) is 8.42 Å². The molecular formula is C16H24N2O3S. The van der Waals surface area contributed by atoms with Crippen LogP contribution in [0.4, 0.5) is 0 Å². The van der Waals surface area contributed by atoms with Crippen LogP contribution in [0.1, 0.15) is 35.6 Å². The van der Waals surface area contributed by atoms with Crippen molar-refractivity contribution in [2.24, 2.45) is 0 Å². The van der Waals surface area contributed by atoms with Crippen LogP contribution in [-0.2, 0) is 14.8 Å². The van der Waals surface area contributed by atoms with Crippen molar-refractivity contribution in [3.05, 3.63) is 28.3 Å². The Labute approximate surface area is 132 Å². The molecule has 1 aliphatic heterocycles. The number of rotatable bonds is 4. The average Bonchev–Trinajstić information content (AvgIpc) is 2.33. The highest BCUT2D eigenvalue weighted by Gasteiger charge is 2.30. The lowest BCUT2D eigenvalue weighted by Crippen LogP contribution is -2.51. The van der Waals surface area contributed by atoms with Crippen molar-refractivity contribution in [1.82, 2.24) is 9.62 Å². The molecule has 2 rings (SSSR count). The molecule has 1 amide bonds. The summed E-state index contributed by atoms with van der Waals surface area (Å²) in [6.07, 6.45) is 0.987. The van der Waals surface area contributed by atoms with Gasteiger partial charge < -0.3 is 4.90 Å². The van der Waals surface area contributed by atoms with Gasteiger partial charge in [-0.2, -0.15) is 4.72 Å². The average molecular weight is 324 g/mol. The summed E-state index contributed by atoms with van der Waals surface area (Å²) in [7, 11) is -3.73. The van der Waals surface area contributed by atoms with Crippen LogP contribution in [-0.4, -0.2) is 38.4 Å². The molecule has 1 aromatic carbocycles. The number of hydrogen-bond donors (Lipinski definition) is 1. The van der Waals surface area contributed by atoms with Gasteiger partial charge in [-0.05, 0) is 63.3 Å². The molecule has 1 fully saturated rings. The number of nitrogens with zero attached hydrogens (tertiary/aromatic N) is 1. The van der Waals surface area contributed by atoms with E-state index in [4.69, 9.17) is 0 Å². The molecule has 1 aromatic rings. The van der Waals surface area contributed by atoms with Crippen LogP contribution < -0.4 is 4.72 Å². The van der Waals surface area contributed by atoms with Gasteiger partial charge in [-0.15, -0.1) is 0 Å². The van der Waals surface area contributed by atoms with E-state index in [1.54, 1.807) is 25.7 Å². The molecule has 122 valence electrons. The fourth-order valence-corrected chi connectivity index (χ4v) is 4.55. The van der Waals surface area contributed by atoms with Gasteiger partial charge in [0, 0.05) is 13.1 Å². The summed E-state index contributed by atoms with van der Waals surface area (Å²) in [4.78, 5) is 14.1. The van der Waals surface area contributed by atoms with Crippen LogP contribution in [0.3, 0.4) is 0 Å². The lowest BCUT2D eigenvalue weighted by atomic mass is 10.0.